The summed E-state index contributed by atoms with van der Waals surface area (Å²) in [7, 11) is 0. The van der Waals surface area contributed by atoms with Gasteiger partial charge in [-0.15, -0.1) is 0 Å². The van der Waals surface area contributed by atoms with Crippen LogP contribution in [0.25, 0.3) is 0 Å². The van der Waals surface area contributed by atoms with Crippen molar-refractivity contribution in [3.63, 3.8) is 0 Å². The SMILES string of the molecule is NC(=S)C(NC(=O)c1ccc(Cl)cc1O)C1CCCCC1. The topological polar surface area (TPSA) is 75.3 Å². The number of carbonyl (C=O) groups excluding carboxylic acids is 1. The van der Waals surface area contributed by atoms with Gasteiger partial charge in [0.1, 0.15) is 5.75 Å². The van der Waals surface area contributed by atoms with E-state index in [9.17, 15) is 9.90 Å². The smallest absolute Gasteiger partial charge is 0.255 e. The van der Waals surface area contributed by atoms with E-state index in [0.29, 0.717) is 10.0 Å². The summed E-state index contributed by atoms with van der Waals surface area (Å²) in [6, 6.07) is 4.06. The lowest BCUT2D eigenvalue weighted by Gasteiger charge is -2.30. The molecule has 1 aliphatic carbocycles. The molecule has 1 saturated carbocycles. The van der Waals surface area contributed by atoms with Crippen LogP contribution < -0.4 is 11.1 Å². The number of phenolic OH excluding ortho intramolecular Hbond substituents is 1. The molecule has 4 N–H and O–H groups in total. The first-order valence-corrected chi connectivity index (χ1v) is 7.86. The normalized spacial score (nSPS) is 17.2. The first-order valence-electron chi connectivity index (χ1n) is 7.07. The van der Waals surface area contributed by atoms with Crippen molar-refractivity contribution in [3.05, 3.63) is 28.8 Å². The molecule has 0 aromatic heterocycles. The third-order valence-corrected chi connectivity index (χ3v) is 4.41. The number of amides is 1. The molecule has 1 aliphatic rings. The van der Waals surface area contributed by atoms with Gasteiger partial charge in [-0.2, -0.15) is 0 Å². The zero-order valence-corrected chi connectivity index (χ0v) is 13.2. The molecular formula is C15H19ClN2O2S. The monoisotopic (exact) mass is 326 g/mol. The van der Waals surface area contributed by atoms with Gasteiger partial charge in [0.15, 0.2) is 0 Å². The Labute approximate surface area is 134 Å². The number of rotatable bonds is 4. The van der Waals surface area contributed by atoms with Crippen LogP contribution in [0.3, 0.4) is 0 Å². The van der Waals surface area contributed by atoms with Crippen LogP contribution in [0.1, 0.15) is 42.5 Å². The van der Waals surface area contributed by atoms with Crippen LogP contribution in [0.15, 0.2) is 18.2 Å². The van der Waals surface area contributed by atoms with E-state index < -0.39 is 0 Å². The fourth-order valence-corrected chi connectivity index (χ4v) is 3.22. The quantitative estimate of drug-likeness (QED) is 0.743. The van der Waals surface area contributed by atoms with Crippen molar-refractivity contribution < 1.29 is 9.90 Å². The van der Waals surface area contributed by atoms with E-state index in [1.54, 1.807) is 6.07 Å². The predicted octanol–water partition coefficient (Wildman–Crippen LogP) is 3.01. The van der Waals surface area contributed by atoms with Gasteiger partial charge in [0.25, 0.3) is 5.91 Å². The van der Waals surface area contributed by atoms with Crippen molar-refractivity contribution in [2.45, 2.75) is 38.1 Å². The standard InChI is InChI=1S/C15H19ClN2O2S/c16-10-6-7-11(12(19)8-10)15(20)18-13(14(17)21)9-4-2-1-3-5-9/h6-9,13,19H,1-5H2,(H2,17,21)(H,18,20). The van der Waals surface area contributed by atoms with Crippen LogP contribution in [0.2, 0.25) is 5.02 Å². The summed E-state index contributed by atoms with van der Waals surface area (Å²) in [4.78, 5) is 12.6. The maximum atomic E-state index is 12.3. The number of carbonyl (C=O) groups is 1. The lowest BCUT2D eigenvalue weighted by atomic mass is 9.83. The highest BCUT2D eigenvalue weighted by molar-refractivity contribution is 7.80. The van der Waals surface area contributed by atoms with Crippen LogP contribution >= 0.6 is 23.8 Å². The van der Waals surface area contributed by atoms with E-state index in [2.05, 4.69) is 5.32 Å². The fraction of sp³-hybridized carbons (Fsp3) is 0.467. The Kier molecular flexibility index (Phi) is 5.42. The number of halogens is 1. The van der Waals surface area contributed by atoms with Crippen molar-refractivity contribution in [3.8, 4) is 5.75 Å². The average Bonchev–Trinajstić information content (AvgIpc) is 2.45. The Morgan fingerprint density at radius 1 is 1.38 bits per heavy atom. The number of nitrogens with two attached hydrogens (primary N) is 1. The minimum absolute atomic E-state index is 0.148. The van der Waals surface area contributed by atoms with Crippen LogP contribution in [-0.4, -0.2) is 22.0 Å². The molecule has 1 amide bonds. The molecule has 1 atom stereocenters. The summed E-state index contributed by atoms with van der Waals surface area (Å²) in [5.74, 6) is -0.257. The Morgan fingerprint density at radius 2 is 2.05 bits per heavy atom. The first-order chi connectivity index (χ1) is 9.99. The molecule has 2 rings (SSSR count). The van der Waals surface area contributed by atoms with Gasteiger partial charge < -0.3 is 16.2 Å². The highest BCUT2D eigenvalue weighted by Gasteiger charge is 2.28. The minimum atomic E-state index is -0.382. The number of hydrogen-bond acceptors (Lipinski definition) is 3. The fourth-order valence-electron chi connectivity index (χ4n) is 2.80. The van der Waals surface area contributed by atoms with E-state index in [0.717, 1.165) is 25.7 Å². The molecule has 0 heterocycles. The van der Waals surface area contributed by atoms with Gasteiger partial charge in [-0.05, 0) is 37.0 Å². The Hall–Kier alpha value is -1.33. The van der Waals surface area contributed by atoms with Crippen molar-refractivity contribution in [1.29, 1.82) is 0 Å². The summed E-state index contributed by atoms with van der Waals surface area (Å²) in [5.41, 5.74) is 5.97. The second kappa shape index (κ2) is 7.09. The molecular weight excluding hydrogens is 308 g/mol. The molecule has 1 aromatic rings. The number of phenols is 1. The van der Waals surface area contributed by atoms with Crippen LogP contribution in [0.4, 0.5) is 0 Å². The van der Waals surface area contributed by atoms with E-state index in [1.807, 2.05) is 0 Å². The van der Waals surface area contributed by atoms with E-state index in [-0.39, 0.29) is 29.2 Å². The first kappa shape index (κ1) is 16.0. The molecule has 0 radical (unpaired) electrons. The Morgan fingerprint density at radius 3 is 2.62 bits per heavy atom. The van der Waals surface area contributed by atoms with Crippen molar-refractivity contribution in [1.82, 2.24) is 5.32 Å². The summed E-state index contributed by atoms with van der Waals surface area (Å²) in [6.07, 6.45) is 5.49. The number of nitrogens with one attached hydrogen (secondary N) is 1. The molecule has 1 aromatic carbocycles. The molecule has 114 valence electrons. The highest BCUT2D eigenvalue weighted by atomic mass is 35.5. The van der Waals surface area contributed by atoms with Crippen LogP contribution in [0, 0.1) is 5.92 Å². The average molecular weight is 327 g/mol. The van der Waals surface area contributed by atoms with Gasteiger partial charge in [0, 0.05) is 5.02 Å². The summed E-state index contributed by atoms with van der Waals surface area (Å²) in [6.45, 7) is 0. The number of hydrogen-bond donors (Lipinski definition) is 3. The lowest BCUT2D eigenvalue weighted by molar-refractivity contribution is 0.0929. The van der Waals surface area contributed by atoms with Gasteiger partial charge in [-0.25, -0.2) is 0 Å². The van der Waals surface area contributed by atoms with Crippen molar-refractivity contribution in [2.24, 2.45) is 11.7 Å². The summed E-state index contributed by atoms with van der Waals surface area (Å²) < 4.78 is 0. The second-order valence-corrected chi connectivity index (χ2v) is 6.32. The van der Waals surface area contributed by atoms with Gasteiger partial charge in [0.05, 0.1) is 16.6 Å². The number of benzene rings is 1. The third-order valence-electron chi connectivity index (χ3n) is 3.92. The van der Waals surface area contributed by atoms with Gasteiger partial charge in [-0.3, -0.25) is 4.79 Å². The van der Waals surface area contributed by atoms with Gasteiger partial charge in [-0.1, -0.05) is 43.1 Å². The molecule has 1 unspecified atom stereocenters. The van der Waals surface area contributed by atoms with Crippen LogP contribution in [0.5, 0.6) is 5.75 Å². The molecule has 21 heavy (non-hydrogen) atoms. The lowest BCUT2D eigenvalue weighted by Crippen LogP contribution is -2.48. The van der Waals surface area contributed by atoms with E-state index in [1.165, 1.54) is 18.6 Å². The summed E-state index contributed by atoms with van der Waals surface area (Å²) >= 11 is 10.9. The zero-order valence-electron chi connectivity index (χ0n) is 11.6. The predicted molar refractivity (Wildman–Crippen MR) is 87.7 cm³/mol. The molecule has 1 fully saturated rings. The van der Waals surface area contributed by atoms with Gasteiger partial charge in [0.2, 0.25) is 0 Å². The Balaban J connectivity index is 2.12. The maximum absolute atomic E-state index is 12.3. The molecule has 6 heteroatoms. The number of thiocarbonyl (C=S) groups is 1. The largest absolute Gasteiger partial charge is 0.507 e. The highest BCUT2D eigenvalue weighted by Crippen LogP contribution is 2.27. The van der Waals surface area contributed by atoms with E-state index >= 15 is 0 Å². The third kappa shape index (κ3) is 4.08. The molecule has 0 spiro atoms. The zero-order chi connectivity index (χ0) is 15.4. The van der Waals surface area contributed by atoms with Gasteiger partial charge >= 0.3 is 0 Å². The second-order valence-electron chi connectivity index (χ2n) is 5.41. The molecule has 0 saturated heterocycles. The van der Waals surface area contributed by atoms with Crippen molar-refractivity contribution >= 4 is 34.7 Å². The number of aromatic hydroxyl groups is 1. The molecule has 0 aliphatic heterocycles. The maximum Gasteiger partial charge on any atom is 0.255 e. The minimum Gasteiger partial charge on any atom is -0.507 e. The summed E-state index contributed by atoms with van der Waals surface area (Å²) in [5, 5.41) is 13.0. The van der Waals surface area contributed by atoms with E-state index in [4.69, 9.17) is 29.6 Å². The van der Waals surface area contributed by atoms with Crippen LogP contribution in [-0.2, 0) is 0 Å². The molecule has 0 bridgehead atoms. The van der Waals surface area contributed by atoms with Crippen molar-refractivity contribution in [2.75, 3.05) is 0 Å². The molecule has 4 nitrogen and oxygen atoms in total. The Bertz CT molecular complexity index is 544.